The minimum atomic E-state index is -0.0409. The Hall–Kier alpha value is -0.220. The quantitative estimate of drug-likeness (QED) is 0.718. The molecule has 0 aliphatic carbocycles. The first-order chi connectivity index (χ1) is 9.04. The van der Waals surface area contributed by atoms with Gasteiger partial charge in [0.2, 0.25) is 0 Å². The van der Waals surface area contributed by atoms with Crippen LogP contribution in [0, 0.1) is 0 Å². The van der Waals surface area contributed by atoms with Crippen molar-refractivity contribution < 1.29 is 0 Å². The molecule has 102 valence electrons. The van der Waals surface area contributed by atoms with Gasteiger partial charge in [-0.05, 0) is 54.9 Å². The minimum absolute atomic E-state index is 0.00104. The molecule has 0 bridgehead atoms. The van der Waals surface area contributed by atoms with Gasteiger partial charge in [0.25, 0.3) is 0 Å². The van der Waals surface area contributed by atoms with E-state index in [1.165, 1.54) is 16.0 Å². The van der Waals surface area contributed by atoms with Crippen LogP contribution < -0.4 is 10.6 Å². The largest absolute Gasteiger partial charge is 0.142 e. The fourth-order valence-corrected chi connectivity index (χ4v) is 7.69. The molecule has 0 unspecified atom stereocenters. The molecule has 2 rings (SSSR count). The van der Waals surface area contributed by atoms with Gasteiger partial charge in [-0.15, -0.1) is 11.3 Å². The van der Waals surface area contributed by atoms with Crippen molar-refractivity contribution in [3.63, 3.8) is 0 Å². The normalized spacial score (nSPS) is 11.5. The smallest absolute Gasteiger partial charge is 0.0425 e. The van der Waals surface area contributed by atoms with Crippen molar-refractivity contribution in [1.29, 1.82) is 0 Å². The van der Waals surface area contributed by atoms with E-state index in [-0.39, 0.29) is 15.8 Å². The number of thiophene rings is 1. The van der Waals surface area contributed by atoms with Crippen LogP contribution in [0.5, 0.6) is 0 Å². The molecular weight excluding hydrogens is 286 g/mol. The van der Waals surface area contributed by atoms with Crippen molar-refractivity contribution in [3.05, 3.63) is 35.2 Å². The summed E-state index contributed by atoms with van der Waals surface area (Å²) in [5.41, 5.74) is 2.82. The Morgan fingerprint density at radius 3 is 2.05 bits per heavy atom. The summed E-state index contributed by atoms with van der Waals surface area (Å²) in [5, 5.41) is 5.65. The van der Waals surface area contributed by atoms with Crippen molar-refractivity contribution >= 4 is 37.8 Å². The first kappa shape index (κ1) is 15.2. The maximum Gasteiger partial charge on any atom is 0.0425 e. The molecule has 1 aromatic carbocycles. The van der Waals surface area contributed by atoms with Gasteiger partial charge in [0, 0.05) is 10.2 Å². The zero-order valence-electron chi connectivity index (χ0n) is 12.4. The third kappa shape index (κ3) is 3.27. The fraction of sp³-hybridized carbons (Fsp3) is 0.375. The summed E-state index contributed by atoms with van der Waals surface area (Å²) in [6, 6.07) is 9.13. The molecule has 0 amide bonds. The molecule has 0 nitrogen and oxygen atoms in total. The molecule has 0 radical (unpaired) electrons. The Bertz CT molecular complexity index is 538. The fourth-order valence-electron chi connectivity index (χ4n) is 2.19. The van der Waals surface area contributed by atoms with E-state index in [9.17, 15) is 0 Å². The third-order valence-corrected chi connectivity index (χ3v) is 7.51. The highest BCUT2D eigenvalue weighted by Crippen LogP contribution is 2.38. The van der Waals surface area contributed by atoms with Crippen LogP contribution >= 0.6 is 27.2 Å². The Balaban J connectivity index is 2.49. The second-order valence-electron chi connectivity index (χ2n) is 5.14. The van der Waals surface area contributed by atoms with Gasteiger partial charge in [-0.2, -0.15) is 0 Å². The zero-order chi connectivity index (χ0) is 14.0. The Labute approximate surface area is 123 Å². The van der Waals surface area contributed by atoms with E-state index in [2.05, 4.69) is 63.2 Å². The Morgan fingerprint density at radius 2 is 1.58 bits per heavy atom. The summed E-state index contributed by atoms with van der Waals surface area (Å²) < 4.78 is 0. The summed E-state index contributed by atoms with van der Waals surface area (Å²) >= 11 is 1.93. The summed E-state index contributed by atoms with van der Waals surface area (Å²) in [7, 11) is -0.0419. The summed E-state index contributed by atoms with van der Waals surface area (Å²) in [5.74, 6) is 0. The lowest BCUT2D eigenvalue weighted by molar-refractivity contribution is 1.14. The predicted molar refractivity (Wildman–Crippen MR) is 95.9 cm³/mol. The molecule has 0 aliphatic heterocycles. The van der Waals surface area contributed by atoms with Crippen LogP contribution in [0.15, 0.2) is 29.6 Å². The van der Waals surface area contributed by atoms with Crippen molar-refractivity contribution in [2.45, 2.75) is 13.3 Å². The molecule has 0 spiro atoms. The predicted octanol–water partition coefficient (Wildman–Crippen LogP) is 4.71. The Morgan fingerprint density at radius 1 is 0.947 bits per heavy atom. The van der Waals surface area contributed by atoms with Crippen LogP contribution in [-0.2, 0) is 6.42 Å². The van der Waals surface area contributed by atoms with E-state index < -0.39 is 0 Å². The molecule has 1 heterocycles. The lowest BCUT2D eigenvalue weighted by Gasteiger charge is -2.14. The molecule has 2 aromatic rings. The van der Waals surface area contributed by atoms with Gasteiger partial charge in [-0.25, -0.2) is 0 Å². The van der Waals surface area contributed by atoms with Gasteiger partial charge in [-0.3, -0.25) is 0 Å². The summed E-state index contributed by atoms with van der Waals surface area (Å²) in [6.45, 7) is 11.7. The van der Waals surface area contributed by atoms with Gasteiger partial charge in [0.1, 0.15) is 0 Å². The van der Waals surface area contributed by atoms with Crippen molar-refractivity contribution in [3.8, 4) is 10.4 Å². The van der Waals surface area contributed by atoms with Crippen LogP contribution in [0.25, 0.3) is 10.4 Å². The van der Waals surface area contributed by atoms with Crippen LogP contribution in [0.1, 0.15) is 12.5 Å². The van der Waals surface area contributed by atoms with Gasteiger partial charge >= 0.3 is 0 Å². The van der Waals surface area contributed by atoms with Crippen LogP contribution in [0.4, 0.5) is 0 Å². The second kappa shape index (κ2) is 6.49. The van der Waals surface area contributed by atoms with Crippen molar-refractivity contribution in [1.82, 2.24) is 0 Å². The van der Waals surface area contributed by atoms with E-state index in [0.717, 1.165) is 6.42 Å². The first-order valence-corrected chi connectivity index (χ1v) is 11.9. The molecule has 1 aromatic heterocycles. The lowest BCUT2D eigenvalue weighted by Crippen LogP contribution is -2.18. The van der Waals surface area contributed by atoms with Crippen molar-refractivity contribution in [2.75, 3.05) is 26.7 Å². The maximum absolute atomic E-state index is 2.40. The van der Waals surface area contributed by atoms with Gasteiger partial charge < -0.3 is 0 Å². The average molecular weight is 308 g/mol. The molecule has 19 heavy (non-hydrogen) atoms. The van der Waals surface area contributed by atoms with Gasteiger partial charge in [-0.1, -0.05) is 47.0 Å². The Kier molecular flexibility index (Phi) is 5.18. The minimum Gasteiger partial charge on any atom is -0.142 e. The molecule has 0 saturated carbocycles. The van der Waals surface area contributed by atoms with E-state index >= 15 is 0 Å². The summed E-state index contributed by atoms with van der Waals surface area (Å²) in [6.07, 6.45) is 1.12. The molecule has 0 fully saturated rings. The highest BCUT2D eigenvalue weighted by Gasteiger charge is 2.17. The van der Waals surface area contributed by atoms with E-state index in [1.807, 2.05) is 11.3 Å². The highest BCUT2D eigenvalue weighted by molar-refractivity contribution is 7.71. The topological polar surface area (TPSA) is 0 Å². The number of benzene rings is 1. The standard InChI is InChI=1S/C16H22P2S/c1-6-12-7-9-13(10-8-12)16-15(18(4)5)14(11-19-16)17(2)3/h7-11H,6H2,1-5H3. The summed E-state index contributed by atoms with van der Waals surface area (Å²) in [4.78, 5) is 1.50. The van der Waals surface area contributed by atoms with Crippen molar-refractivity contribution in [2.24, 2.45) is 0 Å². The third-order valence-electron chi connectivity index (χ3n) is 3.30. The average Bonchev–Trinajstić information content (AvgIpc) is 2.83. The highest BCUT2D eigenvalue weighted by atomic mass is 32.1. The number of aryl methyl sites for hydroxylation is 1. The van der Waals surface area contributed by atoms with E-state index in [4.69, 9.17) is 0 Å². The zero-order valence-corrected chi connectivity index (χ0v) is 15.0. The molecule has 3 heteroatoms. The van der Waals surface area contributed by atoms with Gasteiger partial charge in [0.05, 0.1) is 0 Å². The number of hydrogen-bond donors (Lipinski definition) is 0. The first-order valence-electron chi connectivity index (χ1n) is 6.60. The maximum atomic E-state index is 2.40. The van der Waals surface area contributed by atoms with E-state index in [1.54, 1.807) is 10.6 Å². The van der Waals surface area contributed by atoms with Crippen LogP contribution in [0.3, 0.4) is 0 Å². The number of hydrogen-bond acceptors (Lipinski definition) is 1. The van der Waals surface area contributed by atoms with Crippen LogP contribution in [0.2, 0.25) is 0 Å². The lowest BCUT2D eigenvalue weighted by atomic mass is 10.1. The van der Waals surface area contributed by atoms with Gasteiger partial charge in [0.15, 0.2) is 0 Å². The monoisotopic (exact) mass is 308 g/mol. The molecular formula is C16H22P2S. The number of rotatable bonds is 4. The SMILES string of the molecule is CCc1ccc(-c2scc(P(C)C)c2P(C)C)cc1. The van der Waals surface area contributed by atoms with E-state index in [0.29, 0.717) is 0 Å². The van der Waals surface area contributed by atoms with Crippen LogP contribution in [-0.4, -0.2) is 26.7 Å². The molecule has 0 atom stereocenters. The second-order valence-corrected chi connectivity index (χ2v) is 10.5. The molecule has 0 N–H and O–H groups in total. The molecule has 0 saturated heterocycles. The molecule has 0 aliphatic rings.